The summed E-state index contributed by atoms with van der Waals surface area (Å²) in [6, 6.07) is 1.74. The molecule has 1 aromatic rings. The van der Waals surface area contributed by atoms with Gasteiger partial charge in [0.15, 0.2) is 9.84 Å². The molecule has 0 radical (unpaired) electrons. The second kappa shape index (κ2) is 6.18. The van der Waals surface area contributed by atoms with Crippen LogP contribution in [0.15, 0.2) is 12.4 Å². The number of nitrogens with zero attached hydrogens (tertiary/aromatic N) is 2. The van der Waals surface area contributed by atoms with E-state index in [9.17, 15) is 8.42 Å². The van der Waals surface area contributed by atoms with E-state index in [1.54, 1.807) is 6.07 Å². The van der Waals surface area contributed by atoms with E-state index >= 15 is 0 Å². The highest BCUT2D eigenvalue weighted by molar-refractivity contribution is 7.91. The maximum atomic E-state index is 11.4. The summed E-state index contributed by atoms with van der Waals surface area (Å²) in [5.74, 6) is 1.95. The van der Waals surface area contributed by atoms with Crippen molar-refractivity contribution in [2.75, 3.05) is 30.0 Å². The Kier molecular flexibility index (Phi) is 4.57. The van der Waals surface area contributed by atoms with Gasteiger partial charge in [-0.25, -0.2) is 18.4 Å². The average Bonchev–Trinajstić information content (AvgIpc) is 2.74. The highest BCUT2D eigenvalue weighted by atomic mass is 32.2. The van der Waals surface area contributed by atoms with E-state index in [4.69, 9.17) is 4.74 Å². The summed E-state index contributed by atoms with van der Waals surface area (Å²) in [5.41, 5.74) is 0. The molecule has 2 rings (SSSR count). The lowest BCUT2D eigenvalue weighted by Gasteiger charge is -2.10. The predicted molar refractivity (Wildman–Crippen MR) is 73.1 cm³/mol. The van der Waals surface area contributed by atoms with E-state index in [1.807, 2.05) is 6.92 Å². The minimum absolute atomic E-state index is 0.167. The van der Waals surface area contributed by atoms with Gasteiger partial charge in [-0.15, -0.1) is 0 Å². The molecular weight excluding hydrogens is 266 g/mol. The molecule has 19 heavy (non-hydrogen) atoms. The highest BCUT2D eigenvalue weighted by Gasteiger charge is 2.27. The molecule has 1 unspecified atom stereocenters. The lowest BCUT2D eigenvalue weighted by atomic mass is 10.1. The van der Waals surface area contributed by atoms with E-state index in [0.29, 0.717) is 30.6 Å². The Morgan fingerprint density at radius 1 is 1.47 bits per heavy atom. The summed E-state index contributed by atoms with van der Waals surface area (Å²) in [4.78, 5) is 8.10. The van der Waals surface area contributed by atoms with Crippen LogP contribution in [0.2, 0.25) is 0 Å². The summed E-state index contributed by atoms with van der Waals surface area (Å²) in [7, 11) is -2.82. The predicted octanol–water partition coefficient (Wildman–Crippen LogP) is 1.11. The SMILES string of the molecule is CCCOc1cc(NCC2CCS(=O)(=O)C2)ncn1. The van der Waals surface area contributed by atoms with Crippen LogP contribution >= 0.6 is 0 Å². The minimum Gasteiger partial charge on any atom is -0.478 e. The number of nitrogens with one attached hydrogen (secondary N) is 1. The molecule has 1 atom stereocenters. The molecular formula is C12H19N3O3S. The van der Waals surface area contributed by atoms with Gasteiger partial charge in [0.1, 0.15) is 12.1 Å². The van der Waals surface area contributed by atoms with Crippen LogP contribution in [0.5, 0.6) is 5.88 Å². The molecule has 2 heterocycles. The van der Waals surface area contributed by atoms with Gasteiger partial charge in [-0.3, -0.25) is 0 Å². The van der Waals surface area contributed by atoms with Gasteiger partial charge in [0.25, 0.3) is 0 Å². The molecule has 0 spiro atoms. The van der Waals surface area contributed by atoms with Crippen molar-refractivity contribution < 1.29 is 13.2 Å². The Hall–Kier alpha value is -1.37. The fourth-order valence-electron chi connectivity index (χ4n) is 2.00. The van der Waals surface area contributed by atoms with Crippen LogP contribution in [0, 0.1) is 5.92 Å². The second-order valence-electron chi connectivity index (χ2n) is 4.74. The molecule has 0 amide bonds. The lowest BCUT2D eigenvalue weighted by molar-refractivity contribution is 0.305. The van der Waals surface area contributed by atoms with Crippen molar-refractivity contribution in [2.45, 2.75) is 19.8 Å². The third kappa shape index (κ3) is 4.34. The number of hydrogen-bond donors (Lipinski definition) is 1. The van der Waals surface area contributed by atoms with Crippen molar-refractivity contribution in [1.82, 2.24) is 9.97 Å². The molecule has 1 aromatic heterocycles. The number of sulfone groups is 1. The van der Waals surface area contributed by atoms with Gasteiger partial charge in [-0.05, 0) is 18.8 Å². The number of anilines is 1. The van der Waals surface area contributed by atoms with Gasteiger partial charge >= 0.3 is 0 Å². The van der Waals surface area contributed by atoms with Crippen molar-refractivity contribution in [2.24, 2.45) is 5.92 Å². The van der Waals surface area contributed by atoms with Crippen molar-refractivity contribution in [3.63, 3.8) is 0 Å². The van der Waals surface area contributed by atoms with Gasteiger partial charge in [0.05, 0.1) is 18.1 Å². The average molecular weight is 285 g/mol. The molecule has 7 heteroatoms. The first-order valence-corrected chi connectivity index (χ1v) is 8.30. The number of aromatic nitrogens is 2. The standard InChI is InChI=1S/C12H19N3O3S/c1-2-4-18-12-6-11(14-9-15-12)13-7-10-3-5-19(16,17)8-10/h6,9-10H,2-5,7-8H2,1H3,(H,13,14,15). The molecule has 6 nitrogen and oxygen atoms in total. The van der Waals surface area contributed by atoms with Crippen molar-refractivity contribution in [3.05, 3.63) is 12.4 Å². The Bertz CT molecular complexity index is 519. The molecule has 1 N–H and O–H groups in total. The Balaban J connectivity index is 1.86. The Morgan fingerprint density at radius 2 is 2.32 bits per heavy atom. The summed E-state index contributed by atoms with van der Waals surface area (Å²) in [6.45, 7) is 3.27. The molecule has 0 bridgehead atoms. The first-order chi connectivity index (χ1) is 9.09. The number of ether oxygens (including phenoxy) is 1. The van der Waals surface area contributed by atoms with E-state index < -0.39 is 9.84 Å². The first-order valence-electron chi connectivity index (χ1n) is 6.48. The van der Waals surface area contributed by atoms with Gasteiger partial charge in [-0.2, -0.15) is 0 Å². The zero-order valence-electron chi connectivity index (χ0n) is 11.0. The number of rotatable bonds is 6. The largest absolute Gasteiger partial charge is 0.478 e. The Labute approximate surface area is 113 Å². The zero-order chi connectivity index (χ0) is 13.7. The smallest absolute Gasteiger partial charge is 0.218 e. The molecule has 1 aliphatic heterocycles. The van der Waals surface area contributed by atoms with E-state index in [2.05, 4.69) is 15.3 Å². The molecule has 1 aliphatic rings. The topological polar surface area (TPSA) is 81.2 Å². The third-order valence-electron chi connectivity index (χ3n) is 2.99. The molecule has 0 aromatic carbocycles. The van der Waals surface area contributed by atoms with Crippen molar-refractivity contribution >= 4 is 15.7 Å². The fraction of sp³-hybridized carbons (Fsp3) is 0.667. The van der Waals surface area contributed by atoms with Crippen LogP contribution in [0.4, 0.5) is 5.82 Å². The molecule has 1 fully saturated rings. The highest BCUT2D eigenvalue weighted by Crippen LogP contribution is 2.19. The molecule has 106 valence electrons. The second-order valence-corrected chi connectivity index (χ2v) is 6.97. The van der Waals surface area contributed by atoms with E-state index in [-0.39, 0.29) is 11.7 Å². The molecule has 1 saturated heterocycles. The summed E-state index contributed by atoms with van der Waals surface area (Å²) >= 11 is 0. The summed E-state index contributed by atoms with van der Waals surface area (Å²) in [5, 5.41) is 3.15. The molecule has 0 aliphatic carbocycles. The van der Waals surface area contributed by atoms with Crippen LogP contribution in [0.1, 0.15) is 19.8 Å². The number of hydrogen-bond acceptors (Lipinski definition) is 6. The zero-order valence-corrected chi connectivity index (χ0v) is 11.8. The van der Waals surface area contributed by atoms with Crippen molar-refractivity contribution in [3.8, 4) is 5.88 Å². The monoisotopic (exact) mass is 285 g/mol. The van der Waals surface area contributed by atoms with Crippen molar-refractivity contribution in [1.29, 1.82) is 0 Å². The van der Waals surface area contributed by atoms with Gasteiger partial charge in [-0.1, -0.05) is 6.92 Å². The van der Waals surface area contributed by atoms with Crippen LogP contribution in [0.3, 0.4) is 0 Å². The maximum absolute atomic E-state index is 11.4. The quantitative estimate of drug-likeness (QED) is 0.843. The summed E-state index contributed by atoms with van der Waals surface area (Å²) < 4.78 is 28.1. The van der Waals surface area contributed by atoms with Gasteiger partial charge in [0.2, 0.25) is 5.88 Å². The van der Waals surface area contributed by atoms with Gasteiger partial charge in [0, 0.05) is 12.6 Å². The van der Waals surface area contributed by atoms with Crippen LogP contribution < -0.4 is 10.1 Å². The summed E-state index contributed by atoms with van der Waals surface area (Å²) in [6.07, 6.45) is 3.09. The van der Waals surface area contributed by atoms with Crippen LogP contribution in [-0.4, -0.2) is 43.0 Å². The van der Waals surface area contributed by atoms with Crippen LogP contribution in [0.25, 0.3) is 0 Å². The molecule has 0 saturated carbocycles. The normalized spacial score (nSPS) is 21.2. The van der Waals surface area contributed by atoms with Crippen LogP contribution in [-0.2, 0) is 9.84 Å². The lowest BCUT2D eigenvalue weighted by Crippen LogP contribution is -2.16. The first kappa shape index (κ1) is 14.0. The minimum atomic E-state index is -2.82. The fourth-order valence-corrected chi connectivity index (χ4v) is 3.87. The van der Waals surface area contributed by atoms with E-state index in [1.165, 1.54) is 6.33 Å². The van der Waals surface area contributed by atoms with E-state index in [0.717, 1.165) is 12.8 Å². The maximum Gasteiger partial charge on any atom is 0.218 e. The third-order valence-corrected chi connectivity index (χ3v) is 4.83. The Morgan fingerprint density at radius 3 is 3.00 bits per heavy atom. The van der Waals surface area contributed by atoms with Gasteiger partial charge < -0.3 is 10.1 Å².